The van der Waals surface area contributed by atoms with Crippen molar-refractivity contribution in [1.29, 1.82) is 0 Å². The van der Waals surface area contributed by atoms with Crippen LogP contribution in [0.1, 0.15) is 23.0 Å². The predicted molar refractivity (Wildman–Crippen MR) is 102 cm³/mol. The average molecular weight is 367 g/mol. The Morgan fingerprint density at radius 2 is 1.85 bits per heavy atom. The molecule has 2 aromatic carbocycles. The molecule has 0 aliphatic carbocycles. The first-order valence-corrected chi connectivity index (χ1v) is 8.79. The molecule has 0 saturated carbocycles. The third-order valence-electron chi connectivity index (χ3n) is 3.35. The molecule has 2 N–H and O–H groups in total. The molecule has 3 aromatic rings. The van der Waals surface area contributed by atoms with Crippen molar-refractivity contribution in [1.82, 2.24) is 4.98 Å². The van der Waals surface area contributed by atoms with Crippen LogP contribution in [0.15, 0.2) is 60.0 Å². The molecule has 0 radical (unpaired) electrons. The molecule has 0 spiro atoms. The number of hydrogen-bond acceptors (Lipinski definition) is 6. The Morgan fingerprint density at radius 3 is 2.62 bits per heavy atom. The fraction of sp³-hybridized carbons (Fsp3) is 0.105. The minimum absolute atomic E-state index is 0.0795. The second kappa shape index (κ2) is 8.26. The summed E-state index contributed by atoms with van der Waals surface area (Å²) in [6.45, 7) is 1.49. The van der Waals surface area contributed by atoms with Gasteiger partial charge in [-0.05, 0) is 30.3 Å². The Morgan fingerprint density at radius 1 is 1.08 bits per heavy atom. The minimum Gasteiger partial charge on any atom is -0.456 e. The van der Waals surface area contributed by atoms with Crippen molar-refractivity contribution in [3.8, 4) is 0 Å². The lowest BCUT2D eigenvalue weighted by Crippen LogP contribution is -2.09. The Balaban J connectivity index is 1.57. The molecule has 6 nitrogen and oxygen atoms in total. The number of ether oxygens (including phenoxy) is 1. The molecule has 1 aromatic heterocycles. The highest BCUT2D eigenvalue weighted by Crippen LogP contribution is 2.21. The van der Waals surface area contributed by atoms with Gasteiger partial charge in [0.25, 0.3) is 0 Å². The van der Waals surface area contributed by atoms with E-state index in [0.717, 1.165) is 10.8 Å². The third-order valence-corrected chi connectivity index (χ3v) is 4.15. The second-order valence-corrected chi connectivity index (χ2v) is 6.33. The summed E-state index contributed by atoms with van der Waals surface area (Å²) in [5.74, 6) is -0.667. The lowest BCUT2D eigenvalue weighted by molar-refractivity contribution is -0.114. The maximum absolute atomic E-state index is 12.2. The fourth-order valence-electron chi connectivity index (χ4n) is 2.23. The normalized spacial score (nSPS) is 10.2. The number of amides is 1. The minimum atomic E-state index is -0.470. The number of anilines is 3. The van der Waals surface area contributed by atoms with E-state index in [1.807, 2.05) is 35.7 Å². The Bertz CT molecular complexity index is 909. The van der Waals surface area contributed by atoms with Crippen LogP contribution in [0.25, 0.3) is 0 Å². The molecular weight excluding hydrogens is 350 g/mol. The highest BCUT2D eigenvalue weighted by Gasteiger charge is 2.10. The van der Waals surface area contributed by atoms with E-state index >= 15 is 0 Å². The van der Waals surface area contributed by atoms with Crippen LogP contribution in [0.5, 0.6) is 0 Å². The van der Waals surface area contributed by atoms with Crippen LogP contribution in [0.4, 0.5) is 16.5 Å². The second-order valence-electron chi connectivity index (χ2n) is 5.47. The monoisotopic (exact) mass is 367 g/mol. The van der Waals surface area contributed by atoms with Crippen LogP contribution >= 0.6 is 11.3 Å². The number of nitrogens with zero attached hydrogens (tertiary/aromatic N) is 1. The lowest BCUT2D eigenvalue weighted by atomic mass is 10.2. The number of benzene rings is 2. The van der Waals surface area contributed by atoms with E-state index in [1.54, 1.807) is 24.3 Å². The van der Waals surface area contributed by atoms with Crippen molar-refractivity contribution in [3.63, 3.8) is 0 Å². The SMILES string of the molecule is CC(=O)Nc1cccc(C(=O)OCc2csc(Nc3ccccc3)n2)c1. The summed E-state index contributed by atoms with van der Waals surface area (Å²) in [5.41, 5.74) is 2.53. The van der Waals surface area contributed by atoms with Gasteiger partial charge in [-0.1, -0.05) is 24.3 Å². The molecule has 132 valence electrons. The van der Waals surface area contributed by atoms with Crippen LogP contribution in [0, 0.1) is 0 Å². The van der Waals surface area contributed by atoms with Gasteiger partial charge >= 0.3 is 5.97 Å². The maximum atomic E-state index is 12.2. The van der Waals surface area contributed by atoms with Crippen molar-refractivity contribution >= 4 is 39.7 Å². The van der Waals surface area contributed by atoms with Gasteiger partial charge in [-0.3, -0.25) is 4.79 Å². The smallest absolute Gasteiger partial charge is 0.338 e. The van der Waals surface area contributed by atoms with E-state index in [-0.39, 0.29) is 12.5 Å². The summed E-state index contributed by atoms with van der Waals surface area (Å²) < 4.78 is 5.30. The van der Waals surface area contributed by atoms with Crippen molar-refractivity contribution in [2.75, 3.05) is 10.6 Å². The van der Waals surface area contributed by atoms with Gasteiger partial charge in [0.05, 0.1) is 11.3 Å². The number of carbonyl (C=O) groups is 2. The van der Waals surface area contributed by atoms with Crippen molar-refractivity contribution in [2.45, 2.75) is 13.5 Å². The highest BCUT2D eigenvalue weighted by molar-refractivity contribution is 7.13. The topological polar surface area (TPSA) is 80.3 Å². The molecule has 0 fully saturated rings. The van der Waals surface area contributed by atoms with E-state index in [9.17, 15) is 9.59 Å². The first kappa shape index (κ1) is 17.6. The first-order valence-electron chi connectivity index (χ1n) is 7.91. The van der Waals surface area contributed by atoms with Gasteiger partial charge in [-0.15, -0.1) is 11.3 Å². The molecule has 1 amide bonds. The average Bonchev–Trinajstić information content (AvgIpc) is 3.07. The number of aromatic nitrogens is 1. The van der Waals surface area contributed by atoms with E-state index in [4.69, 9.17) is 4.74 Å². The number of nitrogens with one attached hydrogen (secondary N) is 2. The standard InChI is InChI=1S/C19H17N3O3S/c1-13(23)20-16-9-5-6-14(10-16)18(24)25-11-17-12-26-19(22-17)21-15-7-3-2-4-8-15/h2-10,12H,11H2,1H3,(H,20,23)(H,21,22). The fourth-order valence-corrected chi connectivity index (χ4v) is 2.94. The third kappa shape index (κ3) is 4.90. The van der Waals surface area contributed by atoms with Gasteiger partial charge in [0.1, 0.15) is 6.61 Å². The Kier molecular flexibility index (Phi) is 5.60. The molecule has 0 aliphatic rings. The van der Waals surface area contributed by atoms with Crippen LogP contribution in [0.3, 0.4) is 0 Å². The van der Waals surface area contributed by atoms with Gasteiger partial charge in [0.2, 0.25) is 5.91 Å². The predicted octanol–water partition coefficient (Wildman–Crippen LogP) is 4.20. The molecule has 1 heterocycles. The summed E-state index contributed by atoms with van der Waals surface area (Å²) in [5, 5.41) is 8.40. The Labute approximate surface area is 154 Å². The molecule has 0 saturated heterocycles. The summed E-state index contributed by atoms with van der Waals surface area (Å²) >= 11 is 1.44. The van der Waals surface area contributed by atoms with Crippen LogP contribution in [-0.4, -0.2) is 16.9 Å². The van der Waals surface area contributed by atoms with Crippen LogP contribution < -0.4 is 10.6 Å². The quantitative estimate of drug-likeness (QED) is 0.638. The zero-order valence-electron chi connectivity index (χ0n) is 14.1. The highest BCUT2D eigenvalue weighted by atomic mass is 32.1. The number of para-hydroxylation sites is 1. The molecule has 0 atom stereocenters. The molecule has 7 heteroatoms. The van der Waals surface area contributed by atoms with Gasteiger partial charge in [-0.2, -0.15) is 0 Å². The van der Waals surface area contributed by atoms with Gasteiger partial charge < -0.3 is 15.4 Å². The zero-order valence-corrected chi connectivity index (χ0v) is 14.9. The molecule has 0 aliphatic heterocycles. The van der Waals surface area contributed by atoms with E-state index in [0.29, 0.717) is 16.9 Å². The van der Waals surface area contributed by atoms with Crippen molar-refractivity contribution in [3.05, 3.63) is 71.2 Å². The number of thiazole rings is 1. The molecule has 26 heavy (non-hydrogen) atoms. The summed E-state index contributed by atoms with van der Waals surface area (Å²) in [7, 11) is 0. The van der Waals surface area contributed by atoms with E-state index < -0.39 is 5.97 Å². The summed E-state index contributed by atoms with van der Waals surface area (Å²) in [6, 6.07) is 16.3. The number of hydrogen-bond donors (Lipinski definition) is 2. The van der Waals surface area contributed by atoms with Crippen molar-refractivity contribution in [2.24, 2.45) is 0 Å². The maximum Gasteiger partial charge on any atom is 0.338 e. The first-order chi connectivity index (χ1) is 12.6. The number of esters is 1. The van der Waals surface area contributed by atoms with Gasteiger partial charge in [-0.25, -0.2) is 9.78 Å². The van der Waals surface area contributed by atoms with Crippen LogP contribution in [-0.2, 0) is 16.1 Å². The molecule has 0 unspecified atom stereocenters. The number of rotatable bonds is 6. The molecule has 3 rings (SSSR count). The van der Waals surface area contributed by atoms with E-state index in [1.165, 1.54) is 18.3 Å². The van der Waals surface area contributed by atoms with Crippen molar-refractivity contribution < 1.29 is 14.3 Å². The van der Waals surface area contributed by atoms with E-state index in [2.05, 4.69) is 15.6 Å². The molecular formula is C19H17N3O3S. The number of carbonyl (C=O) groups excluding carboxylic acids is 2. The largest absolute Gasteiger partial charge is 0.456 e. The Hall–Kier alpha value is -3.19. The van der Waals surface area contributed by atoms with Crippen LogP contribution in [0.2, 0.25) is 0 Å². The summed E-state index contributed by atoms with van der Waals surface area (Å²) in [6.07, 6.45) is 0. The zero-order chi connectivity index (χ0) is 18.4. The van der Waals surface area contributed by atoms with Gasteiger partial charge in [0, 0.05) is 23.7 Å². The lowest BCUT2D eigenvalue weighted by Gasteiger charge is -2.06. The molecule has 0 bridgehead atoms. The van der Waals surface area contributed by atoms with Gasteiger partial charge in [0.15, 0.2) is 5.13 Å². The summed E-state index contributed by atoms with van der Waals surface area (Å²) in [4.78, 5) is 27.7.